The number of nitrogen functional groups attached to an aromatic ring is 1. The van der Waals surface area contributed by atoms with E-state index in [0.29, 0.717) is 5.41 Å². The molecule has 1 aliphatic rings. The average Bonchev–Trinajstić information content (AvgIpc) is 3.02. The maximum Gasteiger partial charge on any atom is 0.201 e. The topological polar surface area (TPSA) is 66.7 Å². The Morgan fingerprint density at radius 2 is 2.10 bits per heavy atom. The molecule has 1 aromatic carbocycles. The third-order valence-corrected chi connectivity index (χ3v) is 4.64. The molecule has 114 valence electrons. The smallest absolute Gasteiger partial charge is 0.201 e. The van der Waals surface area contributed by atoms with E-state index in [2.05, 4.69) is 29.1 Å². The summed E-state index contributed by atoms with van der Waals surface area (Å²) < 4.78 is 0. The highest BCUT2D eigenvalue weighted by atomic mass is 15.1. The van der Waals surface area contributed by atoms with Gasteiger partial charge in [0.15, 0.2) is 0 Å². The highest BCUT2D eigenvalue weighted by molar-refractivity contribution is 5.80. The normalized spacial score (nSPS) is 17.7. The SMILES string of the molecule is CC(C)CC1(CNc2nc3ccc(N)cc3[nH]2)CCCC1. The molecule has 21 heavy (non-hydrogen) atoms. The van der Waals surface area contributed by atoms with E-state index in [-0.39, 0.29) is 0 Å². The standard InChI is InChI=1S/C17H26N4/c1-12(2)10-17(7-3-4-8-17)11-19-16-20-14-6-5-13(18)9-15(14)21-16/h5-6,9,12H,3-4,7-8,10-11,18H2,1-2H3,(H2,19,20,21). The number of benzene rings is 1. The first-order valence-electron chi connectivity index (χ1n) is 8.05. The summed E-state index contributed by atoms with van der Waals surface area (Å²) in [6, 6.07) is 5.79. The molecule has 1 aromatic heterocycles. The molecule has 1 fully saturated rings. The average molecular weight is 286 g/mol. The molecule has 4 N–H and O–H groups in total. The van der Waals surface area contributed by atoms with Crippen molar-refractivity contribution in [2.24, 2.45) is 11.3 Å². The maximum absolute atomic E-state index is 5.81. The largest absolute Gasteiger partial charge is 0.399 e. The Hall–Kier alpha value is -1.71. The number of anilines is 2. The van der Waals surface area contributed by atoms with Crippen LogP contribution in [0.3, 0.4) is 0 Å². The molecular formula is C17H26N4. The second kappa shape index (κ2) is 5.58. The van der Waals surface area contributed by atoms with Gasteiger partial charge in [0, 0.05) is 12.2 Å². The van der Waals surface area contributed by atoms with Gasteiger partial charge in [-0.1, -0.05) is 26.7 Å². The number of nitrogens with zero attached hydrogens (tertiary/aromatic N) is 1. The van der Waals surface area contributed by atoms with Gasteiger partial charge in [-0.05, 0) is 48.8 Å². The van der Waals surface area contributed by atoms with Crippen LogP contribution in [0.15, 0.2) is 18.2 Å². The number of hydrogen-bond donors (Lipinski definition) is 3. The lowest BCUT2D eigenvalue weighted by atomic mass is 9.78. The van der Waals surface area contributed by atoms with Crippen molar-refractivity contribution in [1.29, 1.82) is 0 Å². The van der Waals surface area contributed by atoms with Crippen molar-refractivity contribution >= 4 is 22.7 Å². The van der Waals surface area contributed by atoms with E-state index in [0.717, 1.165) is 35.1 Å². The monoisotopic (exact) mass is 286 g/mol. The zero-order valence-electron chi connectivity index (χ0n) is 13.1. The van der Waals surface area contributed by atoms with Crippen LogP contribution in [0.5, 0.6) is 0 Å². The van der Waals surface area contributed by atoms with Crippen molar-refractivity contribution in [3.8, 4) is 0 Å². The van der Waals surface area contributed by atoms with Crippen molar-refractivity contribution in [2.45, 2.75) is 46.0 Å². The number of aromatic nitrogens is 2. The lowest BCUT2D eigenvalue weighted by Crippen LogP contribution is -2.28. The van der Waals surface area contributed by atoms with Gasteiger partial charge in [0.1, 0.15) is 0 Å². The fourth-order valence-electron chi connectivity index (χ4n) is 3.83. The van der Waals surface area contributed by atoms with Crippen molar-refractivity contribution in [2.75, 3.05) is 17.6 Å². The molecule has 3 rings (SSSR count). The Bertz CT molecular complexity index is 608. The zero-order chi connectivity index (χ0) is 14.9. The predicted molar refractivity (Wildman–Crippen MR) is 89.4 cm³/mol. The predicted octanol–water partition coefficient (Wildman–Crippen LogP) is 4.16. The van der Waals surface area contributed by atoms with E-state index < -0.39 is 0 Å². The second-order valence-corrected chi connectivity index (χ2v) is 7.02. The number of H-pyrrole nitrogens is 1. The Morgan fingerprint density at radius 1 is 1.33 bits per heavy atom. The van der Waals surface area contributed by atoms with Gasteiger partial charge in [0.2, 0.25) is 5.95 Å². The Kier molecular flexibility index (Phi) is 3.79. The lowest BCUT2D eigenvalue weighted by molar-refractivity contribution is 0.252. The molecule has 0 amide bonds. The fourth-order valence-corrected chi connectivity index (χ4v) is 3.83. The van der Waals surface area contributed by atoms with E-state index in [1.54, 1.807) is 0 Å². The minimum absolute atomic E-state index is 0.451. The van der Waals surface area contributed by atoms with Gasteiger partial charge in [0.05, 0.1) is 11.0 Å². The van der Waals surface area contributed by atoms with E-state index in [1.165, 1.54) is 32.1 Å². The quantitative estimate of drug-likeness (QED) is 0.723. The van der Waals surface area contributed by atoms with Crippen LogP contribution < -0.4 is 11.1 Å². The molecule has 0 aliphatic heterocycles. The minimum atomic E-state index is 0.451. The van der Waals surface area contributed by atoms with Gasteiger partial charge >= 0.3 is 0 Å². The summed E-state index contributed by atoms with van der Waals surface area (Å²) in [6.45, 7) is 5.66. The molecule has 0 spiro atoms. The van der Waals surface area contributed by atoms with Crippen molar-refractivity contribution in [3.63, 3.8) is 0 Å². The molecule has 0 radical (unpaired) electrons. The summed E-state index contributed by atoms with van der Waals surface area (Å²) in [5.74, 6) is 1.62. The van der Waals surface area contributed by atoms with Crippen LogP contribution in [0, 0.1) is 11.3 Å². The molecule has 0 saturated heterocycles. The number of fused-ring (bicyclic) bond motifs is 1. The molecule has 4 heteroatoms. The fraction of sp³-hybridized carbons (Fsp3) is 0.588. The van der Waals surface area contributed by atoms with Gasteiger partial charge in [-0.3, -0.25) is 0 Å². The molecule has 4 nitrogen and oxygen atoms in total. The molecule has 1 aliphatic carbocycles. The summed E-state index contributed by atoms with van der Waals surface area (Å²) in [6.07, 6.45) is 6.71. The van der Waals surface area contributed by atoms with Gasteiger partial charge in [0.25, 0.3) is 0 Å². The third-order valence-electron chi connectivity index (χ3n) is 4.64. The maximum atomic E-state index is 5.81. The molecule has 1 saturated carbocycles. The highest BCUT2D eigenvalue weighted by Gasteiger charge is 2.34. The number of imidazole rings is 1. The van der Waals surface area contributed by atoms with Crippen LogP contribution in [-0.4, -0.2) is 16.5 Å². The molecule has 0 bridgehead atoms. The lowest BCUT2D eigenvalue weighted by Gasteiger charge is -2.31. The number of rotatable bonds is 5. The van der Waals surface area contributed by atoms with Gasteiger partial charge in [-0.15, -0.1) is 0 Å². The van der Waals surface area contributed by atoms with E-state index in [4.69, 9.17) is 5.73 Å². The van der Waals surface area contributed by atoms with Crippen molar-refractivity contribution in [3.05, 3.63) is 18.2 Å². The van der Waals surface area contributed by atoms with E-state index >= 15 is 0 Å². The molecular weight excluding hydrogens is 260 g/mol. The minimum Gasteiger partial charge on any atom is -0.399 e. The Balaban J connectivity index is 1.72. The van der Waals surface area contributed by atoms with Crippen LogP contribution in [0.25, 0.3) is 11.0 Å². The summed E-state index contributed by atoms with van der Waals surface area (Å²) in [5.41, 5.74) is 9.00. The van der Waals surface area contributed by atoms with Gasteiger partial charge < -0.3 is 16.0 Å². The first kappa shape index (κ1) is 14.2. The summed E-state index contributed by atoms with van der Waals surface area (Å²) in [7, 11) is 0. The highest BCUT2D eigenvalue weighted by Crippen LogP contribution is 2.43. The second-order valence-electron chi connectivity index (χ2n) is 7.02. The van der Waals surface area contributed by atoms with Crippen molar-refractivity contribution in [1.82, 2.24) is 9.97 Å². The van der Waals surface area contributed by atoms with Crippen LogP contribution >= 0.6 is 0 Å². The Labute approximate surface area is 126 Å². The first-order valence-corrected chi connectivity index (χ1v) is 8.05. The van der Waals surface area contributed by atoms with Crippen molar-refractivity contribution < 1.29 is 0 Å². The molecule has 2 aromatic rings. The van der Waals surface area contributed by atoms with Crippen LogP contribution in [0.2, 0.25) is 0 Å². The molecule has 0 atom stereocenters. The van der Waals surface area contributed by atoms with Crippen LogP contribution in [0.4, 0.5) is 11.6 Å². The number of hydrogen-bond acceptors (Lipinski definition) is 3. The number of aromatic amines is 1. The van der Waals surface area contributed by atoms with E-state index in [9.17, 15) is 0 Å². The number of nitrogens with two attached hydrogens (primary N) is 1. The number of nitrogens with one attached hydrogen (secondary N) is 2. The summed E-state index contributed by atoms with van der Waals surface area (Å²) in [4.78, 5) is 7.93. The zero-order valence-corrected chi connectivity index (χ0v) is 13.1. The summed E-state index contributed by atoms with van der Waals surface area (Å²) in [5, 5.41) is 3.53. The third kappa shape index (κ3) is 3.14. The molecule has 1 heterocycles. The van der Waals surface area contributed by atoms with Crippen LogP contribution in [0.1, 0.15) is 46.0 Å². The van der Waals surface area contributed by atoms with E-state index in [1.807, 2.05) is 18.2 Å². The van der Waals surface area contributed by atoms with Gasteiger partial charge in [-0.25, -0.2) is 4.98 Å². The van der Waals surface area contributed by atoms with Gasteiger partial charge in [-0.2, -0.15) is 0 Å². The Morgan fingerprint density at radius 3 is 2.81 bits per heavy atom. The summed E-state index contributed by atoms with van der Waals surface area (Å²) >= 11 is 0. The molecule has 0 unspecified atom stereocenters. The van der Waals surface area contributed by atoms with Crippen LogP contribution in [-0.2, 0) is 0 Å². The first-order chi connectivity index (χ1) is 10.1.